The van der Waals surface area contributed by atoms with Crippen molar-refractivity contribution in [3.63, 3.8) is 0 Å². The zero-order valence-corrected chi connectivity index (χ0v) is 11.3. The van der Waals surface area contributed by atoms with E-state index in [2.05, 4.69) is 9.71 Å². The molecule has 0 aliphatic heterocycles. The summed E-state index contributed by atoms with van der Waals surface area (Å²) in [6.07, 6.45) is 2.30. The van der Waals surface area contributed by atoms with Crippen LogP contribution in [0.2, 0.25) is 0 Å². The molecule has 0 fully saturated rings. The van der Waals surface area contributed by atoms with Gasteiger partial charge in [0.2, 0.25) is 0 Å². The van der Waals surface area contributed by atoms with Crippen molar-refractivity contribution in [2.45, 2.75) is 4.90 Å². The number of carbonyl (C=O) groups is 1. The summed E-state index contributed by atoms with van der Waals surface area (Å²) in [5, 5.41) is 17.6. The fraction of sp³-hybridized carbons (Fsp3) is 0. The van der Waals surface area contributed by atoms with Crippen LogP contribution in [0.15, 0.2) is 47.6 Å². The Labute approximate surface area is 120 Å². The number of nitrogens with one attached hydrogen (secondary N) is 1. The van der Waals surface area contributed by atoms with Crippen LogP contribution in [0.1, 0.15) is 15.9 Å². The number of aromatic nitrogens is 1. The van der Waals surface area contributed by atoms with E-state index in [4.69, 9.17) is 10.4 Å². The molecule has 106 valence electrons. The summed E-state index contributed by atoms with van der Waals surface area (Å²) in [5.74, 6) is -1.21. The third-order valence-electron chi connectivity index (χ3n) is 2.51. The van der Waals surface area contributed by atoms with Crippen LogP contribution in [0, 0.1) is 11.3 Å². The van der Waals surface area contributed by atoms with Gasteiger partial charge in [0.1, 0.15) is 0 Å². The average Bonchev–Trinajstić information content (AvgIpc) is 2.47. The van der Waals surface area contributed by atoms with E-state index in [1.165, 1.54) is 30.5 Å². The highest BCUT2D eigenvalue weighted by Crippen LogP contribution is 2.17. The highest BCUT2D eigenvalue weighted by molar-refractivity contribution is 7.92. The summed E-state index contributed by atoms with van der Waals surface area (Å²) in [5.41, 5.74) is 0.0912. The third-order valence-corrected chi connectivity index (χ3v) is 3.89. The second-order valence-corrected chi connectivity index (χ2v) is 5.69. The largest absolute Gasteiger partial charge is 0.478 e. The molecule has 0 atom stereocenters. The van der Waals surface area contributed by atoms with Gasteiger partial charge >= 0.3 is 5.97 Å². The zero-order chi connectivity index (χ0) is 15.5. The monoisotopic (exact) mass is 303 g/mol. The van der Waals surface area contributed by atoms with E-state index in [0.29, 0.717) is 0 Å². The number of hydrogen-bond donors (Lipinski definition) is 2. The van der Waals surface area contributed by atoms with Gasteiger partial charge in [-0.05, 0) is 24.3 Å². The molecule has 0 saturated heterocycles. The molecular formula is C13H9N3O4S. The molecule has 2 aromatic rings. The molecule has 0 saturated carbocycles. The minimum Gasteiger partial charge on any atom is -0.478 e. The molecule has 8 heteroatoms. The van der Waals surface area contributed by atoms with Crippen LogP contribution in [0.5, 0.6) is 0 Å². The second kappa shape index (κ2) is 5.60. The Balaban J connectivity index is 2.35. The number of anilines is 1. The minimum absolute atomic E-state index is 0.0252. The van der Waals surface area contributed by atoms with E-state index in [1.807, 2.05) is 6.07 Å². The Morgan fingerprint density at radius 3 is 2.71 bits per heavy atom. The normalized spacial score (nSPS) is 10.6. The van der Waals surface area contributed by atoms with Crippen molar-refractivity contribution in [1.82, 2.24) is 4.98 Å². The van der Waals surface area contributed by atoms with Crippen molar-refractivity contribution >= 4 is 21.7 Å². The van der Waals surface area contributed by atoms with E-state index in [0.717, 1.165) is 12.3 Å². The highest BCUT2D eigenvalue weighted by Gasteiger charge is 2.15. The van der Waals surface area contributed by atoms with Gasteiger partial charge < -0.3 is 5.11 Å². The molecule has 0 aliphatic rings. The predicted octanol–water partition coefficient (Wildman–Crippen LogP) is 1.45. The average molecular weight is 303 g/mol. The van der Waals surface area contributed by atoms with E-state index in [1.54, 1.807) is 0 Å². The summed E-state index contributed by atoms with van der Waals surface area (Å²) in [4.78, 5) is 14.4. The summed E-state index contributed by atoms with van der Waals surface area (Å²) in [6, 6.07) is 8.47. The van der Waals surface area contributed by atoms with Gasteiger partial charge in [0, 0.05) is 6.20 Å². The number of nitrogens with zero attached hydrogens (tertiary/aromatic N) is 2. The lowest BCUT2D eigenvalue weighted by Crippen LogP contribution is -2.13. The smallest absolute Gasteiger partial charge is 0.337 e. The van der Waals surface area contributed by atoms with Crippen LogP contribution in [-0.2, 0) is 10.0 Å². The number of sulfonamides is 1. The standard InChI is InChI=1S/C13H9N3O4S/c14-6-9-2-1-3-12(4-9)21(19,20)16-11-5-10(13(17)18)7-15-8-11/h1-5,7-8,16H,(H,17,18). The van der Waals surface area contributed by atoms with Crippen LogP contribution < -0.4 is 4.72 Å². The summed E-state index contributed by atoms with van der Waals surface area (Å²) in [6.45, 7) is 0. The van der Waals surface area contributed by atoms with Crippen molar-refractivity contribution in [1.29, 1.82) is 5.26 Å². The van der Waals surface area contributed by atoms with Gasteiger partial charge in [-0.15, -0.1) is 0 Å². The van der Waals surface area contributed by atoms with Crippen LogP contribution in [0.4, 0.5) is 5.69 Å². The molecule has 21 heavy (non-hydrogen) atoms. The number of pyridine rings is 1. The number of carboxylic acid groups (broad SMARTS) is 1. The van der Waals surface area contributed by atoms with Crippen LogP contribution >= 0.6 is 0 Å². The highest BCUT2D eigenvalue weighted by atomic mass is 32.2. The zero-order valence-electron chi connectivity index (χ0n) is 10.5. The Kier molecular flexibility index (Phi) is 3.86. The number of aromatic carboxylic acids is 1. The molecule has 7 nitrogen and oxygen atoms in total. The number of hydrogen-bond acceptors (Lipinski definition) is 5. The SMILES string of the molecule is N#Cc1cccc(S(=O)(=O)Nc2cncc(C(=O)O)c2)c1. The molecule has 0 spiro atoms. The number of nitriles is 1. The van der Waals surface area contributed by atoms with Crippen molar-refractivity contribution in [2.75, 3.05) is 4.72 Å². The Morgan fingerprint density at radius 1 is 1.29 bits per heavy atom. The quantitative estimate of drug-likeness (QED) is 0.882. The van der Waals surface area contributed by atoms with E-state index in [-0.39, 0.29) is 21.7 Å². The lowest BCUT2D eigenvalue weighted by atomic mass is 10.2. The third kappa shape index (κ3) is 3.34. The van der Waals surface area contributed by atoms with E-state index < -0.39 is 16.0 Å². The van der Waals surface area contributed by atoms with Gasteiger partial charge in [-0.1, -0.05) is 6.07 Å². The summed E-state index contributed by atoms with van der Waals surface area (Å²) in [7, 11) is -3.92. The van der Waals surface area contributed by atoms with Gasteiger partial charge in [0.05, 0.1) is 34.0 Å². The number of carboxylic acids is 1. The molecule has 2 N–H and O–H groups in total. The molecule has 0 radical (unpaired) electrons. The van der Waals surface area contributed by atoms with Gasteiger partial charge in [0.25, 0.3) is 10.0 Å². The molecule has 1 aromatic carbocycles. The van der Waals surface area contributed by atoms with Crippen molar-refractivity contribution < 1.29 is 18.3 Å². The predicted molar refractivity (Wildman–Crippen MR) is 73.2 cm³/mol. The lowest BCUT2D eigenvalue weighted by Gasteiger charge is -2.08. The van der Waals surface area contributed by atoms with Gasteiger partial charge in [0.15, 0.2) is 0 Å². The van der Waals surface area contributed by atoms with Crippen LogP contribution in [0.25, 0.3) is 0 Å². The first-order chi connectivity index (χ1) is 9.92. The van der Waals surface area contributed by atoms with Gasteiger partial charge in [-0.25, -0.2) is 13.2 Å². The van der Waals surface area contributed by atoms with Crippen molar-refractivity contribution in [3.05, 3.63) is 53.9 Å². The van der Waals surface area contributed by atoms with Gasteiger partial charge in [-0.3, -0.25) is 9.71 Å². The maximum absolute atomic E-state index is 12.2. The minimum atomic E-state index is -3.92. The molecule has 0 aliphatic carbocycles. The molecule has 1 heterocycles. The molecular weight excluding hydrogens is 294 g/mol. The van der Waals surface area contributed by atoms with E-state index >= 15 is 0 Å². The molecule has 2 rings (SSSR count). The first-order valence-corrected chi connectivity index (χ1v) is 7.12. The summed E-state index contributed by atoms with van der Waals surface area (Å²) >= 11 is 0. The Bertz CT molecular complexity index is 840. The Morgan fingerprint density at radius 2 is 2.05 bits per heavy atom. The van der Waals surface area contributed by atoms with Crippen LogP contribution in [0.3, 0.4) is 0 Å². The van der Waals surface area contributed by atoms with Gasteiger partial charge in [-0.2, -0.15) is 5.26 Å². The fourth-order valence-electron chi connectivity index (χ4n) is 1.56. The number of benzene rings is 1. The fourth-order valence-corrected chi connectivity index (χ4v) is 2.64. The topological polar surface area (TPSA) is 120 Å². The van der Waals surface area contributed by atoms with Crippen molar-refractivity contribution in [3.8, 4) is 6.07 Å². The molecule has 0 amide bonds. The second-order valence-electron chi connectivity index (χ2n) is 4.01. The lowest BCUT2D eigenvalue weighted by molar-refractivity contribution is 0.0696. The molecule has 0 unspecified atom stereocenters. The van der Waals surface area contributed by atoms with E-state index in [9.17, 15) is 13.2 Å². The Hall–Kier alpha value is -2.92. The maximum Gasteiger partial charge on any atom is 0.337 e. The first-order valence-electron chi connectivity index (χ1n) is 5.64. The van der Waals surface area contributed by atoms with Crippen LogP contribution in [-0.4, -0.2) is 24.5 Å². The summed E-state index contributed by atoms with van der Waals surface area (Å²) < 4.78 is 26.5. The van der Waals surface area contributed by atoms with Crippen molar-refractivity contribution in [2.24, 2.45) is 0 Å². The molecule has 0 bridgehead atoms. The first kappa shape index (κ1) is 14.5. The maximum atomic E-state index is 12.2. The molecule has 1 aromatic heterocycles. The number of rotatable bonds is 4.